The number of likely N-dealkylation sites (tertiary alicyclic amines) is 1. The number of hydrogen-bond donors (Lipinski definition) is 1. The quantitative estimate of drug-likeness (QED) is 0.724. The van der Waals surface area contributed by atoms with Crippen molar-refractivity contribution in [3.63, 3.8) is 0 Å². The van der Waals surface area contributed by atoms with Gasteiger partial charge in [-0.2, -0.15) is 5.26 Å². The average molecular weight is 357 g/mol. The van der Waals surface area contributed by atoms with Gasteiger partial charge in [0.2, 0.25) is 11.8 Å². The highest BCUT2D eigenvalue weighted by Crippen LogP contribution is 2.18. The van der Waals surface area contributed by atoms with Crippen molar-refractivity contribution in [2.24, 2.45) is 5.92 Å². The standard InChI is InChI=1S/C20H27N3O3/c1-16-5-2-3-6-18(16)26-14-4-7-19(24)22-15-17-9-12-23(13-10-17)20(25)8-11-21/h2-3,5-6,17H,4,7-10,12-15H2,1H3,(H,22,24). The van der Waals surface area contributed by atoms with E-state index in [1.54, 1.807) is 4.90 Å². The highest BCUT2D eigenvalue weighted by Gasteiger charge is 2.22. The molecular formula is C20H27N3O3. The lowest BCUT2D eigenvalue weighted by molar-refractivity contribution is -0.131. The number of carbonyl (C=O) groups is 2. The zero-order chi connectivity index (χ0) is 18.8. The van der Waals surface area contributed by atoms with Crippen LogP contribution in [0.3, 0.4) is 0 Å². The summed E-state index contributed by atoms with van der Waals surface area (Å²) >= 11 is 0. The highest BCUT2D eigenvalue weighted by molar-refractivity contribution is 5.78. The van der Waals surface area contributed by atoms with Gasteiger partial charge in [-0.25, -0.2) is 0 Å². The Bertz CT molecular complexity index is 646. The number of aryl methyl sites for hydroxylation is 1. The maximum Gasteiger partial charge on any atom is 0.236 e. The molecule has 0 spiro atoms. The summed E-state index contributed by atoms with van der Waals surface area (Å²) in [5, 5.41) is 11.6. The highest BCUT2D eigenvalue weighted by atomic mass is 16.5. The van der Waals surface area contributed by atoms with Crippen molar-refractivity contribution in [1.82, 2.24) is 10.2 Å². The van der Waals surface area contributed by atoms with Crippen LogP contribution in [0.1, 0.15) is 37.7 Å². The van der Waals surface area contributed by atoms with Crippen molar-refractivity contribution < 1.29 is 14.3 Å². The Balaban J connectivity index is 1.56. The minimum atomic E-state index is -0.0939. The van der Waals surface area contributed by atoms with Gasteiger partial charge in [0, 0.05) is 26.1 Å². The molecule has 6 heteroatoms. The molecule has 1 saturated heterocycles. The summed E-state index contributed by atoms with van der Waals surface area (Å²) in [5.41, 5.74) is 1.09. The van der Waals surface area contributed by atoms with Crippen LogP contribution in [-0.4, -0.2) is 43.0 Å². The number of piperidine rings is 1. The minimum absolute atomic E-state index is 0.0429. The number of ether oxygens (including phenoxy) is 1. The molecule has 0 unspecified atom stereocenters. The molecule has 2 amide bonds. The third-order valence-electron chi connectivity index (χ3n) is 4.68. The van der Waals surface area contributed by atoms with E-state index >= 15 is 0 Å². The van der Waals surface area contributed by atoms with E-state index in [2.05, 4.69) is 5.32 Å². The first-order valence-electron chi connectivity index (χ1n) is 9.20. The van der Waals surface area contributed by atoms with Crippen LogP contribution in [0.4, 0.5) is 0 Å². The Kier molecular flexibility index (Phi) is 7.94. The number of benzene rings is 1. The molecule has 1 aromatic rings. The molecule has 26 heavy (non-hydrogen) atoms. The molecule has 1 fully saturated rings. The first kappa shape index (κ1) is 19.8. The van der Waals surface area contributed by atoms with Crippen molar-refractivity contribution in [1.29, 1.82) is 5.26 Å². The van der Waals surface area contributed by atoms with Gasteiger partial charge in [-0.15, -0.1) is 0 Å². The van der Waals surface area contributed by atoms with Crippen LogP contribution in [0.25, 0.3) is 0 Å². The van der Waals surface area contributed by atoms with E-state index in [1.807, 2.05) is 37.3 Å². The molecule has 6 nitrogen and oxygen atoms in total. The molecule has 0 saturated carbocycles. The summed E-state index contributed by atoms with van der Waals surface area (Å²) in [4.78, 5) is 25.4. The number of carbonyl (C=O) groups excluding carboxylic acids is 2. The smallest absolute Gasteiger partial charge is 0.236 e. The van der Waals surface area contributed by atoms with E-state index in [9.17, 15) is 9.59 Å². The molecule has 2 rings (SSSR count). The largest absolute Gasteiger partial charge is 0.493 e. The Labute approximate surface area is 155 Å². The van der Waals surface area contributed by atoms with Crippen LogP contribution < -0.4 is 10.1 Å². The lowest BCUT2D eigenvalue weighted by Gasteiger charge is -2.31. The predicted molar refractivity (Wildman–Crippen MR) is 98.5 cm³/mol. The molecule has 0 atom stereocenters. The van der Waals surface area contributed by atoms with Gasteiger partial charge < -0.3 is 15.0 Å². The molecular weight excluding hydrogens is 330 g/mol. The van der Waals surface area contributed by atoms with Gasteiger partial charge in [0.25, 0.3) is 0 Å². The number of nitrogens with zero attached hydrogens (tertiary/aromatic N) is 2. The summed E-state index contributed by atoms with van der Waals surface area (Å²) in [6.45, 7) is 4.52. The Morgan fingerprint density at radius 3 is 2.73 bits per heavy atom. The lowest BCUT2D eigenvalue weighted by Crippen LogP contribution is -2.41. The first-order chi connectivity index (χ1) is 12.6. The fourth-order valence-corrected chi connectivity index (χ4v) is 3.05. The predicted octanol–water partition coefficient (Wildman–Crippen LogP) is 2.42. The van der Waals surface area contributed by atoms with E-state index in [1.165, 1.54) is 0 Å². The normalized spacial score (nSPS) is 14.5. The second-order valence-corrected chi connectivity index (χ2v) is 6.68. The Morgan fingerprint density at radius 2 is 2.04 bits per heavy atom. The van der Waals surface area contributed by atoms with E-state index < -0.39 is 0 Å². The zero-order valence-corrected chi connectivity index (χ0v) is 15.4. The molecule has 0 aliphatic carbocycles. The molecule has 1 aliphatic rings. The lowest BCUT2D eigenvalue weighted by atomic mass is 9.96. The van der Waals surface area contributed by atoms with Crippen molar-refractivity contribution in [3.05, 3.63) is 29.8 Å². The molecule has 0 aromatic heterocycles. The Hall–Kier alpha value is -2.55. The zero-order valence-electron chi connectivity index (χ0n) is 15.4. The summed E-state index contributed by atoms with van der Waals surface area (Å²) in [7, 11) is 0. The van der Waals surface area contributed by atoms with E-state index in [0.29, 0.717) is 45.0 Å². The second kappa shape index (κ2) is 10.4. The number of nitrogens with one attached hydrogen (secondary N) is 1. The average Bonchev–Trinajstić information content (AvgIpc) is 2.65. The summed E-state index contributed by atoms with van der Waals surface area (Å²) in [6.07, 6.45) is 2.82. The second-order valence-electron chi connectivity index (χ2n) is 6.68. The van der Waals surface area contributed by atoms with Gasteiger partial charge in [-0.3, -0.25) is 9.59 Å². The summed E-state index contributed by atoms with van der Waals surface area (Å²) in [6, 6.07) is 9.74. The minimum Gasteiger partial charge on any atom is -0.493 e. The third kappa shape index (κ3) is 6.40. The van der Waals surface area contributed by atoms with Crippen molar-refractivity contribution in [2.75, 3.05) is 26.2 Å². The number of nitriles is 1. The van der Waals surface area contributed by atoms with Gasteiger partial charge in [0.1, 0.15) is 12.2 Å². The van der Waals surface area contributed by atoms with E-state index in [-0.39, 0.29) is 18.2 Å². The maximum absolute atomic E-state index is 12.0. The fraction of sp³-hybridized carbons (Fsp3) is 0.550. The van der Waals surface area contributed by atoms with Crippen LogP contribution >= 0.6 is 0 Å². The topological polar surface area (TPSA) is 82.4 Å². The molecule has 0 bridgehead atoms. The van der Waals surface area contributed by atoms with Crippen LogP contribution in [0, 0.1) is 24.2 Å². The van der Waals surface area contributed by atoms with E-state index in [0.717, 1.165) is 24.2 Å². The Morgan fingerprint density at radius 1 is 1.31 bits per heavy atom. The number of rotatable bonds is 8. The summed E-state index contributed by atoms with van der Waals surface area (Å²) < 4.78 is 5.70. The van der Waals surface area contributed by atoms with Crippen LogP contribution in [0.15, 0.2) is 24.3 Å². The molecule has 1 aliphatic heterocycles. The van der Waals surface area contributed by atoms with Crippen molar-refractivity contribution in [3.8, 4) is 11.8 Å². The van der Waals surface area contributed by atoms with Crippen molar-refractivity contribution in [2.45, 2.75) is 39.0 Å². The van der Waals surface area contributed by atoms with Gasteiger partial charge in [0.05, 0.1) is 12.7 Å². The van der Waals surface area contributed by atoms with Crippen molar-refractivity contribution >= 4 is 11.8 Å². The molecule has 1 heterocycles. The number of hydrogen-bond acceptors (Lipinski definition) is 4. The van der Waals surface area contributed by atoms with Crippen LogP contribution in [0.2, 0.25) is 0 Å². The van der Waals surface area contributed by atoms with Gasteiger partial charge in [0.15, 0.2) is 0 Å². The molecule has 0 radical (unpaired) electrons. The number of para-hydroxylation sites is 1. The first-order valence-corrected chi connectivity index (χ1v) is 9.20. The van der Waals surface area contributed by atoms with E-state index in [4.69, 9.17) is 10.00 Å². The van der Waals surface area contributed by atoms with Crippen LogP contribution in [-0.2, 0) is 9.59 Å². The maximum atomic E-state index is 12.0. The van der Waals surface area contributed by atoms with Gasteiger partial charge in [-0.1, -0.05) is 18.2 Å². The fourth-order valence-electron chi connectivity index (χ4n) is 3.05. The van der Waals surface area contributed by atoms with Gasteiger partial charge >= 0.3 is 0 Å². The molecule has 1 aromatic carbocycles. The molecule has 1 N–H and O–H groups in total. The monoisotopic (exact) mass is 357 g/mol. The van der Waals surface area contributed by atoms with Gasteiger partial charge in [-0.05, 0) is 43.7 Å². The summed E-state index contributed by atoms with van der Waals surface area (Å²) in [5.74, 6) is 1.21. The third-order valence-corrected chi connectivity index (χ3v) is 4.68. The number of amides is 2. The van der Waals surface area contributed by atoms with Crippen LogP contribution in [0.5, 0.6) is 5.75 Å². The molecule has 140 valence electrons. The SMILES string of the molecule is Cc1ccccc1OCCCC(=O)NCC1CCN(C(=O)CC#N)CC1.